The van der Waals surface area contributed by atoms with Gasteiger partial charge in [0.1, 0.15) is 0 Å². The van der Waals surface area contributed by atoms with E-state index in [1.807, 2.05) is 0 Å². The van der Waals surface area contributed by atoms with Crippen molar-refractivity contribution in [2.24, 2.45) is 17.3 Å². The average Bonchev–Trinajstić information content (AvgIpc) is 2.48. The summed E-state index contributed by atoms with van der Waals surface area (Å²) in [5.74, 6) is 1.37. The van der Waals surface area contributed by atoms with E-state index in [1.165, 1.54) is 25.7 Å². The molecule has 0 spiro atoms. The predicted molar refractivity (Wildman–Crippen MR) is 74.0 cm³/mol. The smallest absolute Gasteiger partial charge is 0.0887 e. The number of hydroxylamine groups is 2. The van der Waals surface area contributed by atoms with Gasteiger partial charge in [0.15, 0.2) is 0 Å². The van der Waals surface area contributed by atoms with Crippen molar-refractivity contribution in [2.45, 2.75) is 65.0 Å². The summed E-state index contributed by atoms with van der Waals surface area (Å²) in [4.78, 5) is 6.14. The topological polar surface area (TPSA) is 12.5 Å². The highest BCUT2D eigenvalue weighted by molar-refractivity contribution is 5.20. The molecule has 1 saturated carbocycles. The van der Waals surface area contributed by atoms with Crippen LogP contribution >= 0.6 is 0 Å². The lowest BCUT2D eigenvalue weighted by molar-refractivity contribution is -0.184. The molecule has 1 aliphatic heterocycles. The normalized spacial score (nSPS) is 47.4. The van der Waals surface area contributed by atoms with Gasteiger partial charge in [-0.3, -0.25) is 4.84 Å². The van der Waals surface area contributed by atoms with Crippen LogP contribution in [0.1, 0.15) is 53.4 Å². The zero-order valence-corrected chi connectivity index (χ0v) is 12.5. The Bertz CT molecular complexity index is 387. The van der Waals surface area contributed by atoms with Crippen molar-refractivity contribution in [1.82, 2.24) is 5.06 Å². The third-order valence-electron chi connectivity index (χ3n) is 5.90. The summed E-state index contributed by atoms with van der Waals surface area (Å²) < 4.78 is 0. The van der Waals surface area contributed by atoms with E-state index in [2.05, 4.69) is 45.9 Å². The van der Waals surface area contributed by atoms with Crippen LogP contribution in [0, 0.1) is 17.3 Å². The predicted octanol–water partition coefficient (Wildman–Crippen LogP) is 3.78. The lowest BCUT2D eigenvalue weighted by atomic mass is 9.54. The van der Waals surface area contributed by atoms with E-state index in [0.29, 0.717) is 23.3 Å². The lowest BCUT2D eigenvalue weighted by Crippen LogP contribution is -2.51. The molecule has 0 aromatic heterocycles. The molecule has 0 unspecified atom stereocenters. The van der Waals surface area contributed by atoms with Crippen molar-refractivity contribution < 1.29 is 4.84 Å². The quantitative estimate of drug-likeness (QED) is 0.606. The van der Waals surface area contributed by atoms with Crippen LogP contribution in [0.5, 0.6) is 0 Å². The minimum atomic E-state index is 0.0124. The fourth-order valence-electron chi connectivity index (χ4n) is 5.03. The van der Waals surface area contributed by atoms with Gasteiger partial charge in [0.05, 0.1) is 5.60 Å². The molecule has 1 heterocycles. The summed E-state index contributed by atoms with van der Waals surface area (Å²) in [6.45, 7) is 9.37. The zero-order chi connectivity index (χ0) is 13.1. The second kappa shape index (κ2) is 3.83. The van der Waals surface area contributed by atoms with Gasteiger partial charge in [-0.25, -0.2) is 0 Å². The minimum absolute atomic E-state index is 0.0124. The summed E-state index contributed by atoms with van der Waals surface area (Å²) in [5, 5.41) is 2.18. The van der Waals surface area contributed by atoms with Gasteiger partial charge >= 0.3 is 0 Å². The average molecular weight is 249 g/mol. The van der Waals surface area contributed by atoms with Gasteiger partial charge in [-0.1, -0.05) is 18.6 Å². The van der Waals surface area contributed by atoms with E-state index >= 15 is 0 Å². The van der Waals surface area contributed by atoms with Crippen molar-refractivity contribution in [3.05, 3.63) is 11.6 Å². The maximum atomic E-state index is 6.14. The number of hydrogen-bond acceptors (Lipinski definition) is 2. The van der Waals surface area contributed by atoms with Gasteiger partial charge in [-0.2, -0.15) is 5.06 Å². The Balaban J connectivity index is 2.01. The monoisotopic (exact) mass is 249 g/mol. The maximum Gasteiger partial charge on any atom is 0.0887 e. The van der Waals surface area contributed by atoms with Crippen LogP contribution in [0.15, 0.2) is 11.6 Å². The molecule has 3 aliphatic rings. The third-order valence-corrected chi connectivity index (χ3v) is 5.90. The highest BCUT2D eigenvalue weighted by Gasteiger charge is 2.57. The van der Waals surface area contributed by atoms with E-state index in [4.69, 9.17) is 4.84 Å². The Morgan fingerprint density at radius 1 is 1.28 bits per heavy atom. The summed E-state index contributed by atoms with van der Waals surface area (Å²) in [6.07, 6.45) is 7.78. The van der Waals surface area contributed by atoms with Gasteiger partial charge in [0.2, 0.25) is 0 Å². The van der Waals surface area contributed by atoms with Crippen LogP contribution in [0.25, 0.3) is 0 Å². The van der Waals surface area contributed by atoms with E-state index < -0.39 is 0 Å². The van der Waals surface area contributed by atoms with E-state index in [9.17, 15) is 0 Å². The van der Waals surface area contributed by atoms with Gasteiger partial charge in [-0.05, 0) is 51.9 Å². The van der Waals surface area contributed by atoms with Crippen LogP contribution in [-0.4, -0.2) is 23.8 Å². The van der Waals surface area contributed by atoms with Crippen molar-refractivity contribution in [2.75, 3.05) is 7.05 Å². The molecule has 18 heavy (non-hydrogen) atoms. The molecular weight excluding hydrogens is 222 g/mol. The molecule has 0 aromatic rings. The second-order valence-corrected chi connectivity index (χ2v) is 7.50. The number of rotatable bonds is 0. The van der Waals surface area contributed by atoms with Crippen LogP contribution in [-0.2, 0) is 4.84 Å². The highest BCUT2D eigenvalue weighted by Crippen LogP contribution is 2.57. The van der Waals surface area contributed by atoms with Gasteiger partial charge in [0, 0.05) is 24.9 Å². The first-order chi connectivity index (χ1) is 8.35. The van der Waals surface area contributed by atoms with Crippen LogP contribution in [0.3, 0.4) is 0 Å². The standard InChI is InChI=1S/C16H27NO/c1-11-7-6-9-16(4)10-8-12-14(13(11)16)17(5)18-15(12,2)3/h7,12-14H,6,8-10H2,1-5H3/t12-,13+,14-,16+/m0/s1. The molecule has 2 fully saturated rings. The SMILES string of the molecule is CC1=CCC[C@]2(C)CC[C@H]3[C@@H]([C@@H]12)N(C)OC3(C)C. The summed E-state index contributed by atoms with van der Waals surface area (Å²) in [5.41, 5.74) is 2.11. The highest BCUT2D eigenvalue weighted by atomic mass is 16.7. The Morgan fingerprint density at radius 2 is 2.00 bits per heavy atom. The molecule has 1 saturated heterocycles. The number of fused-ring (bicyclic) bond motifs is 3. The summed E-state index contributed by atoms with van der Waals surface area (Å²) in [6, 6.07) is 0.579. The molecule has 3 rings (SSSR count). The Labute approximate surface area is 111 Å². The molecular formula is C16H27NO. The van der Waals surface area contributed by atoms with Crippen molar-refractivity contribution in [3.8, 4) is 0 Å². The number of hydrogen-bond donors (Lipinski definition) is 0. The van der Waals surface area contributed by atoms with Crippen molar-refractivity contribution >= 4 is 0 Å². The molecule has 102 valence electrons. The first-order valence-electron chi connectivity index (χ1n) is 7.44. The summed E-state index contributed by atoms with van der Waals surface area (Å²) >= 11 is 0. The third kappa shape index (κ3) is 1.61. The number of allylic oxidation sites excluding steroid dienone is 1. The lowest BCUT2D eigenvalue weighted by Gasteiger charge is -2.51. The maximum absolute atomic E-state index is 6.14. The minimum Gasteiger partial charge on any atom is -0.293 e. The molecule has 0 amide bonds. The first-order valence-corrected chi connectivity index (χ1v) is 7.44. The van der Waals surface area contributed by atoms with Gasteiger partial charge in [0.25, 0.3) is 0 Å². The first kappa shape index (κ1) is 12.7. The van der Waals surface area contributed by atoms with Gasteiger partial charge < -0.3 is 0 Å². The molecule has 0 N–H and O–H groups in total. The van der Waals surface area contributed by atoms with E-state index in [0.717, 1.165) is 0 Å². The fraction of sp³-hybridized carbons (Fsp3) is 0.875. The molecule has 2 heteroatoms. The van der Waals surface area contributed by atoms with E-state index in [-0.39, 0.29) is 5.60 Å². The van der Waals surface area contributed by atoms with Crippen molar-refractivity contribution in [1.29, 1.82) is 0 Å². The Hall–Kier alpha value is -0.340. The zero-order valence-electron chi connectivity index (χ0n) is 12.5. The Morgan fingerprint density at radius 3 is 2.72 bits per heavy atom. The Kier molecular flexibility index (Phi) is 2.70. The van der Waals surface area contributed by atoms with Crippen LogP contribution in [0.2, 0.25) is 0 Å². The largest absolute Gasteiger partial charge is 0.293 e. The van der Waals surface area contributed by atoms with Crippen LogP contribution < -0.4 is 0 Å². The molecule has 0 aromatic carbocycles. The fourth-order valence-corrected chi connectivity index (χ4v) is 5.03. The van der Waals surface area contributed by atoms with Crippen molar-refractivity contribution in [3.63, 3.8) is 0 Å². The van der Waals surface area contributed by atoms with Gasteiger partial charge in [-0.15, -0.1) is 0 Å². The van der Waals surface area contributed by atoms with Crippen LogP contribution in [0.4, 0.5) is 0 Å². The summed E-state index contributed by atoms with van der Waals surface area (Å²) in [7, 11) is 2.14. The molecule has 0 bridgehead atoms. The molecule has 2 nitrogen and oxygen atoms in total. The molecule has 0 radical (unpaired) electrons. The molecule has 4 atom stereocenters. The number of nitrogens with zero attached hydrogens (tertiary/aromatic N) is 1. The van der Waals surface area contributed by atoms with E-state index in [1.54, 1.807) is 5.57 Å². The second-order valence-electron chi connectivity index (χ2n) is 7.50. The molecule has 2 aliphatic carbocycles.